The molecule has 0 saturated carbocycles. The predicted molar refractivity (Wildman–Crippen MR) is 40.2 cm³/mol. The molecule has 2 nitrogen and oxygen atoms in total. The molecule has 0 amide bonds. The number of alkyl halides is 1. The van der Waals surface area contributed by atoms with Crippen LogP contribution in [0.3, 0.4) is 0 Å². The highest BCUT2D eigenvalue weighted by Crippen LogP contribution is 2.16. The Morgan fingerprint density at radius 1 is 1.89 bits per heavy atom. The Kier molecular flexibility index (Phi) is 2.13. The maximum Gasteiger partial charge on any atom is 0.190 e. The van der Waals surface area contributed by atoms with E-state index in [4.69, 9.17) is 11.6 Å². The molecule has 0 aromatic rings. The van der Waals surface area contributed by atoms with Crippen molar-refractivity contribution < 1.29 is 4.79 Å². The van der Waals surface area contributed by atoms with Crippen molar-refractivity contribution in [3.05, 3.63) is 0 Å². The largest absolute Gasteiger partial charge is 0.292 e. The van der Waals surface area contributed by atoms with E-state index in [0.717, 1.165) is 0 Å². The fraction of sp³-hybridized carbons (Fsp3) is 0.600. The second-order valence-corrected chi connectivity index (χ2v) is 3.17. The zero-order chi connectivity index (χ0) is 6.85. The van der Waals surface area contributed by atoms with Gasteiger partial charge in [0.1, 0.15) is 5.71 Å². The molecule has 0 aliphatic carbocycles. The van der Waals surface area contributed by atoms with Crippen molar-refractivity contribution >= 4 is 35.0 Å². The molecule has 50 valence electrons. The molecule has 1 aliphatic rings. The van der Waals surface area contributed by atoms with Gasteiger partial charge < -0.3 is 0 Å². The topological polar surface area (TPSA) is 29.4 Å². The number of nitrogens with zero attached hydrogens (tertiary/aromatic N) is 1. The summed E-state index contributed by atoms with van der Waals surface area (Å²) < 4.78 is 3.87. The summed E-state index contributed by atoms with van der Waals surface area (Å²) in [4.78, 5) is 10.8. The predicted octanol–water partition coefficient (Wildman–Crippen LogP) is 1.29. The smallest absolute Gasteiger partial charge is 0.190 e. The van der Waals surface area contributed by atoms with Crippen molar-refractivity contribution in [2.24, 2.45) is 4.40 Å². The highest BCUT2D eigenvalue weighted by Gasteiger charge is 2.21. The van der Waals surface area contributed by atoms with Gasteiger partial charge in [0.25, 0.3) is 0 Å². The quantitative estimate of drug-likeness (QED) is 0.431. The zero-order valence-electron chi connectivity index (χ0n) is 4.93. The summed E-state index contributed by atoms with van der Waals surface area (Å²) in [6.45, 7) is 1.75. The van der Waals surface area contributed by atoms with E-state index in [9.17, 15) is 4.79 Å². The fourth-order valence-electron chi connectivity index (χ4n) is 0.580. The average Bonchev–Trinajstić information content (AvgIpc) is 2.13. The lowest BCUT2D eigenvalue weighted by atomic mass is 10.2. The van der Waals surface area contributed by atoms with Crippen LogP contribution in [-0.2, 0) is 4.79 Å². The number of hydrogen-bond donors (Lipinski definition) is 0. The van der Waals surface area contributed by atoms with Crippen LogP contribution in [0.15, 0.2) is 4.40 Å². The summed E-state index contributed by atoms with van der Waals surface area (Å²) in [5.74, 6) is 0.536. The molecular weight excluding hydrogens is 158 g/mol. The molecule has 1 heterocycles. The summed E-state index contributed by atoms with van der Waals surface area (Å²) in [5.41, 5.74) is 0.515. The molecule has 0 bridgehead atoms. The van der Waals surface area contributed by atoms with E-state index >= 15 is 0 Å². The van der Waals surface area contributed by atoms with Crippen molar-refractivity contribution in [3.63, 3.8) is 0 Å². The third kappa shape index (κ3) is 1.46. The van der Waals surface area contributed by atoms with Crippen molar-refractivity contribution in [1.82, 2.24) is 0 Å². The average molecular weight is 164 g/mol. The molecule has 1 unspecified atom stereocenters. The number of hydrogen-bond acceptors (Lipinski definition) is 3. The number of ketones is 1. The van der Waals surface area contributed by atoms with Gasteiger partial charge >= 0.3 is 0 Å². The number of carbonyl (C=O) groups excluding carboxylic acids is 1. The first kappa shape index (κ1) is 7.09. The third-order valence-corrected chi connectivity index (χ3v) is 1.94. The third-order valence-electron chi connectivity index (χ3n) is 1.02. The van der Waals surface area contributed by atoms with Crippen LogP contribution in [0.25, 0.3) is 0 Å². The normalized spacial score (nSPS) is 22.0. The van der Waals surface area contributed by atoms with Crippen LogP contribution in [0, 0.1) is 0 Å². The van der Waals surface area contributed by atoms with Crippen molar-refractivity contribution in [2.75, 3.05) is 5.75 Å². The van der Waals surface area contributed by atoms with E-state index in [-0.39, 0.29) is 11.2 Å². The summed E-state index contributed by atoms with van der Waals surface area (Å²) >= 11 is 6.89. The molecule has 0 fully saturated rings. The minimum Gasteiger partial charge on any atom is -0.292 e. The van der Waals surface area contributed by atoms with Crippen LogP contribution in [-0.4, -0.2) is 22.6 Å². The van der Waals surface area contributed by atoms with Crippen LogP contribution < -0.4 is 0 Å². The monoisotopic (exact) mass is 163 g/mol. The molecular formula is C5H6ClNOS. The highest BCUT2D eigenvalue weighted by molar-refractivity contribution is 7.99. The van der Waals surface area contributed by atoms with E-state index < -0.39 is 0 Å². The standard InChI is InChI=1S/C5H6ClNOS/c1-3(6)5-4(8)2-9-7-5/h3H,2H2,1H3. The molecule has 0 N–H and O–H groups in total. The molecule has 1 rings (SSSR count). The second-order valence-electron chi connectivity index (χ2n) is 1.79. The van der Waals surface area contributed by atoms with Crippen molar-refractivity contribution in [1.29, 1.82) is 0 Å². The Morgan fingerprint density at radius 3 is 2.78 bits per heavy atom. The lowest BCUT2D eigenvalue weighted by Crippen LogP contribution is -2.19. The summed E-state index contributed by atoms with van der Waals surface area (Å²) in [7, 11) is 0. The molecule has 9 heavy (non-hydrogen) atoms. The van der Waals surface area contributed by atoms with Crippen molar-refractivity contribution in [2.45, 2.75) is 12.3 Å². The van der Waals surface area contributed by atoms with E-state index in [2.05, 4.69) is 4.40 Å². The first-order valence-corrected chi connectivity index (χ1v) is 3.97. The summed E-state index contributed by atoms with van der Waals surface area (Å²) in [5, 5.41) is -0.229. The Hall–Kier alpha value is -0.0200. The Labute approximate surface area is 62.8 Å². The zero-order valence-corrected chi connectivity index (χ0v) is 6.50. The fourth-order valence-corrected chi connectivity index (χ4v) is 1.54. The van der Waals surface area contributed by atoms with Gasteiger partial charge in [-0.1, -0.05) is 0 Å². The Balaban J connectivity index is 2.68. The molecule has 4 heteroatoms. The van der Waals surface area contributed by atoms with Crippen molar-refractivity contribution in [3.8, 4) is 0 Å². The molecule has 1 atom stereocenters. The molecule has 1 aliphatic heterocycles. The van der Waals surface area contributed by atoms with E-state index in [0.29, 0.717) is 11.5 Å². The van der Waals surface area contributed by atoms with E-state index in [1.54, 1.807) is 6.92 Å². The van der Waals surface area contributed by atoms with Gasteiger partial charge in [0.2, 0.25) is 0 Å². The lowest BCUT2D eigenvalue weighted by molar-refractivity contribution is -0.110. The highest BCUT2D eigenvalue weighted by atomic mass is 35.5. The van der Waals surface area contributed by atoms with Gasteiger partial charge in [-0.3, -0.25) is 4.79 Å². The van der Waals surface area contributed by atoms with Gasteiger partial charge in [-0.25, -0.2) is 4.40 Å². The van der Waals surface area contributed by atoms with Crippen LogP contribution in [0.5, 0.6) is 0 Å². The number of carbonyl (C=O) groups is 1. The minimum absolute atomic E-state index is 0.0718. The van der Waals surface area contributed by atoms with Crippen LogP contribution >= 0.6 is 23.5 Å². The summed E-state index contributed by atoms with van der Waals surface area (Å²) in [6.07, 6.45) is 0. The number of halogens is 1. The number of rotatable bonds is 1. The first-order chi connectivity index (χ1) is 4.22. The van der Waals surface area contributed by atoms with Gasteiger partial charge in [0.05, 0.1) is 11.1 Å². The van der Waals surface area contributed by atoms with Gasteiger partial charge in [0.15, 0.2) is 5.78 Å². The Morgan fingerprint density at radius 2 is 2.56 bits per heavy atom. The number of Topliss-reactive ketones (excluding diaryl/α,β-unsaturated/α-hetero) is 1. The molecule has 0 aromatic heterocycles. The molecule has 0 saturated heterocycles. The maximum atomic E-state index is 10.8. The summed E-state index contributed by atoms with van der Waals surface area (Å²) in [6, 6.07) is 0. The molecule has 0 aromatic carbocycles. The maximum absolute atomic E-state index is 10.8. The second kappa shape index (κ2) is 2.71. The van der Waals surface area contributed by atoms with E-state index in [1.807, 2.05) is 0 Å². The molecule has 0 radical (unpaired) electrons. The first-order valence-electron chi connectivity index (χ1n) is 2.59. The van der Waals surface area contributed by atoms with Gasteiger partial charge in [-0.05, 0) is 18.9 Å². The van der Waals surface area contributed by atoms with Gasteiger partial charge in [-0.15, -0.1) is 11.6 Å². The van der Waals surface area contributed by atoms with E-state index in [1.165, 1.54) is 11.9 Å². The Bertz CT molecular complexity index is 166. The van der Waals surface area contributed by atoms with Gasteiger partial charge in [-0.2, -0.15) is 0 Å². The SMILES string of the molecule is CC(Cl)C1=NSCC1=O. The van der Waals surface area contributed by atoms with Crippen LogP contribution in [0.4, 0.5) is 0 Å². The van der Waals surface area contributed by atoms with Crippen LogP contribution in [0.2, 0.25) is 0 Å². The minimum atomic E-state index is -0.229. The van der Waals surface area contributed by atoms with Crippen LogP contribution in [0.1, 0.15) is 6.92 Å². The molecule has 0 spiro atoms. The van der Waals surface area contributed by atoms with Gasteiger partial charge in [0, 0.05) is 0 Å². The lowest BCUT2D eigenvalue weighted by Gasteiger charge is -1.95.